The Morgan fingerprint density at radius 1 is 1.53 bits per heavy atom. The Bertz CT molecular complexity index is 317. The number of ether oxygens (including phenoxy) is 1. The first-order chi connectivity index (χ1) is 7.15. The largest absolute Gasteiger partial charge is 0.492 e. The van der Waals surface area contributed by atoms with Gasteiger partial charge in [-0.05, 0) is 31.4 Å². The summed E-state index contributed by atoms with van der Waals surface area (Å²) in [5.41, 5.74) is 6.81. The van der Waals surface area contributed by atoms with E-state index in [1.165, 1.54) is 0 Å². The van der Waals surface area contributed by atoms with Crippen LogP contribution in [0.1, 0.15) is 18.5 Å². The second kappa shape index (κ2) is 6.26. The van der Waals surface area contributed by atoms with E-state index in [-0.39, 0.29) is 6.04 Å². The van der Waals surface area contributed by atoms with Gasteiger partial charge in [0.05, 0.1) is 6.61 Å². The van der Waals surface area contributed by atoms with Crippen molar-refractivity contribution in [1.29, 1.82) is 0 Å². The molecule has 0 bridgehead atoms. The van der Waals surface area contributed by atoms with Crippen LogP contribution in [0.15, 0.2) is 18.2 Å². The molecule has 84 valence electrons. The predicted molar refractivity (Wildman–Crippen MR) is 67.9 cm³/mol. The maximum Gasteiger partial charge on any atom is 0.124 e. The number of hydrogen-bond acceptors (Lipinski definition) is 3. The number of benzene rings is 1. The molecule has 1 atom stereocenters. The average Bonchev–Trinajstić information content (AvgIpc) is 2.20. The molecule has 1 rings (SSSR count). The minimum atomic E-state index is -0.0621. The van der Waals surface area contributed by atoms with Gasteiger partial charge in [0, 0.05) is 22.4 Å². The summed E-state index contributed by atoms with van der Waals surface area (Å²) in [7, 11) is 0. The van der Waals surface area contributed by atoms with Crippen LogP contribution >= 0.6 is 23.4 Å². The second-order valence-electron chi connectivity index (χ2n) is 3.31. The van der Waals surface area contributed by atoms with E-state index in [1.54, 1.807) is 11.8 Å². The SMILES string of the molecule is CSCCOc1ccc(Cl)cc1C(C)N. The quantitative estimate of drug-likeness (QED) is 0.810. The number of hydrogen-bond donors (Lipinski definition) is 1. The van der Waals surface area contributed by atoms with Crippen LogP contribution in [0, 0.1) is 0 Å². The van der Waals surface area contributed by atoms with Crippen molar-refractivity contribution in [3.8, 4) is 5.75 Å². The van der Waals surface area contributed by atoms with E-state index in [0.29, 0.717) is 11.6 Å². The third-order valence-corrected chi connectivity index (χ3v) is 2.82. The molecule has 1 aromatic carbocycles. The summed E-state index contributed by atoms with van der Waals surface area (Å²) in [4.78, 5) is 0. The Morgan fingerprint density at radius 2 is 2.27 bits per heavy atom. The molecule has 0 fully saturated rings. The Balaban J connectivity index is 2.77. The fraction of sp³-hybridized carbons (Fsp3) is 0.455. The molecule has 1 aromatic rings. The first-order valence-corrected chi connectivity index (χ1v) is 6.59. The third-order valence-electron chi connectivity index (χ3n) is 2.01. The van der Waals surface area contributed by atoms with E-state index < -0.39 is 0 Å². The number of nitrogens with two attached hydrogens (primary N) is 1. The van der Waals surface area contributed by atoms with Crippen LogP contribution < -0.4 is 10.5 Å². The van der Waals surface area contributed by atoms with Gasteiger partial charge in [0.15, 0.2) is 0 Å². The van der Waals surface area contributed by atoms with E-state index >= 15 is 0 Å². The Hall–Kier alpha value is -0.380. The van der Waals surface area contributed by atoms with E-state index in [0.717, 1.165) is 17.1 Å². The highest BCUT2D eigenvalue weighted by Crippen LogP contribution is 2.27. The number of thioether (sulfide) groups is 1. The molecule has 0 aliphatic heterocycles. The van der Waals surface area contributed by atoms with E-state index in [4.69, 9.17) is 22.1 Å². The molecule has 15 heavy (non-hydrogen) atoms. The van der Waals surface area contributed by atoms with Gasteiger partial charge in [0.25, 0.3) is 0 Å². The first-order valence-electron chi connectivity index (χ1n) is 4.82. The zero-order valence-corrected chi connectivity index (χ0v) is 10.6. The van der Waals surface area contributed by atoms with Crippen LogP contribution in [0.2, 0.25) is 5.02 Å². The molecule has 0 aliphatic carbocycles. The average molecular weight is 246 g/mol. The molecule has 0 heterocycles. The van der Waals surface area contributed by atoms with Crippen molar-refractivity contribution in [3.05, 3.63) is 28.8 Å². The summed E-state index contributed by atoms with van der Waals surface area (Å²) < 4.78 is 5.63. The van der Waals surface area contributed by atoms with Crippen molar-refractivity contribution in [3.63, 3.8) is 0 Å². The minimum Gasteiger partial charge on any atom is -0.492 e. The standard InChI is InChI=1S/C11H16ClNOS/c1-8(13)10-7-9(12)3-4-11(10)14-5-6-15-2/h3-4,7-8H,5-6,13H2,1-2H3. The van der Waals surface area contributed by atoms with Crippen LogP contribution in [0.5, 0.6) is 5.75 Å². The van der Waals surface area contributed by atoms with Crippen molar-refractivity contribution in [2.45, 2.75) is 13.0 Å². The number of halogens is 1. The number of rotatable bonds is 5. The van der Waals surface area contributed by atoms with Crippen molar-refractivity contribution < 1.29 is 4.74 Å². The van der Waals surface area contributed by atoms with Crippen molar-refractivity contribution in [2.75, 3.05) is 18.6 Å². The molecule has 0 aromatic heterocycles. The van der Waals surface area contributed by atoms with Crippen molar-refractivity contribution in [1.82, 2.24) is 0 Å². The van der Waals surface area contributed by atoms with E-state index in [2.05, 4.69) is 6.26 Å². The maximum atomic E-state index is 5.91. The highest BCUT2D eigenvalue weighted by molar-refractivity contribution is 7.98. The molecule has 0 saturated carbocycles. The minimum absolute atomic E-state index is 0.0621. The van der Waals surface area contributed by atoms with Gasteiger partial charge >= 0.3 is 0 Å². The van der Waals surface area contributed by atoms with Crippen LogP contribution in [-0.4, -0.2) is 18.6 Å². The molecular formula is C11H16ClNOS. The van der Waals surface area contributed by atoms with Gasteiger partial charge in [-0.25, -0.2) is 0 Å². The predicted octanol–water partition coefficient (Wildman–Crippen LogP) is 3.10. The zero-order valence-electron chi connectivity index (χ0n) is 9.00. The zero-order chi connectivity index (χ0) is 11.3. The fourth-order valence-corrected chi connectivity index (χ4v) is 1.67. The Morgan fingerprint density at radius 3 is 2.87 bits per heavy atom. The van der Waals surface area contributed by atoms with Crippen LogP contribution in [-0.2, 0) is 0 Å². The van der Waals surface area contributed by atoms with Crippen LogP contribution in [0.4, 0.5) is 0 Å². The lowest BCUT2D eigenvalue weighted by Crippen LogP contribution is -2.09. The smallest absolute Gasteiger partial charge is 0.124 e. The Kier molecular flexibility index (Phi) is 5.29. The van der Waals surface area contributed by atoms with Gasteiger partial charge in [-0.2, -0.15) is 11.8 Å². The highest BCUT2D eigenvalue weighted by atomic mass is 35.5. The van der Waals surface area contributed by atoms with E-state index in [9.17, 15) is 0 Å². The Labute approximate surface area is 100 Å². The fourth-order valence-electron chi connectivity index (χ4n) is 1.24. The summed E-state index contributed by atoms with van der Waals surface area (Å²) in [5.74, 6) is 1.81. The van der Waals surface area contributed by atoms with Gasteiger partial charge in [-0.15, -0.1) is 0 Å². The summed E-state index contributed by atoms with van der Waals surface area (Å²) in [5, 5.41) is 0.694. The lowest BCUT2D eigenvalue weighted by molar-refractivity contribution is 0.338. The first kappa shape index (κ1) is 12.7. The normalized spacial score (nSPS) is 12.5. The van der Waals surface area contributed by atoms with Crippen molar-refractivity contribution in [2.24, 2.45) is 5.73 Å². The molecule has 0 radical (unpaired) electrons. The van der Waals surface area contributed by atoms with Crippen molar-refractivity contribution >= 4 is 23.4 Å². The molecule has 0 saturated heterocycles. The lowest BCUT2D eigenvalue weighted by atomic mass is 10.1. The summed E-state index contributed by atoms with van der Waals surface area (Å²) in [6.07, 6.45) is 2.05. The topological polar surface area (TPSA) is 35.2 Å². The molecule has 2 nitrogen and oxygen atoms in total. The van der Waals surface area contributed by atoms with Gasteiger partial charge in [0.2, 0.25) is 0 Å². The third kappa shape index (κ3) is 3.93. The molecule has 0 aliphatic rings. The lowest BCUT2D eigenvalue weighted by Gasteiger charge is -2.14. The monoisotopic (exact) mass is 245 g/mol. The summed E-state index contributed by atoms with van der Waals surface area (Å²) >= 11 is 7.66. The van der Waals surface area contributed by atoms with E-state index in [1.807, 2.05) is 25.1 Å². The molecule has 0 amide bonds. The summed E-state index contributed by atoms with van der Waals surface area (Å²) in [6, 6.07) is 5.50. The molecule has 4 heteroatoms. The van der Waals surface area contributed by atoms with Crippen LogP contribution in [0.3, 0.4) is 0 Å². The second-order valence-corrected chi connectivity index (χ2v) is 4.73. The van der Waals surface area contributed by atoms with Crippen LogP contribution in [0.25, 0.3) is 0 Å². The maximum absolute atomic E-state index is 5.91. The molecule has 2 N–H and O–H groups in total. The molecular weight excluding hydrogens is 230 g/mol. The highest BCUT2D eigenvalue weighted by Gasteiger charge is 2.08. The van der Waals surface area contributed by atoms with Gasteiger partial charge < -0.3 is 10.5 Å². The molecule has 0 spiro atoms. The summed E-state index contributed by atoms with van der Waals surface area (Å²) in [6.45, 7) is 2.62. The van der Waals surface area contributed by atoms with Gasteiger partial charge in [0.1, 0.15) is 5.75 Å². The molecule has 1 unspecified atom stereocenters. The van der Waals surface area contributed by atoms with Gasteiger partial charge in [-0.1, -0.05) is 11.6 Å². The van der Waals surface area contributed by atoms with Gasteiger partial charge in [-0.3, -0.25) is 0 Å².